The van der Waals surface area contributed by atoms with Crippen molar-refractivity contribution in [1.29, 1.82) is 0 Å². The molecular weight excluding hydrogens is 953 g/mol. The number of aryl methyl sites for hydroxylation is 1. The fraction of sp³-hybridized carbons (Fsp3) is 0.327. The quantitative estimate of drug-likeness (QED) is 0.0267. The predicted molar refractivity (Wildman–Crippen MR) is 276 cm³/mol. The molecule has 380 valence electrons. The van der Waals surface area contributed by atoms with Crippen LogP contribution >= 0.6 is 11.3 Å². The van der Waals surface area contributed by atoms with Crippen LogP contribution in [-0.2, 0) is 30.4 Å². The SMILES string of the molecule is Cc1ncsc1-c1ccc([C@H](C)NC(=O)[C@@H]2C[C@@H](O)CN2C(=O)[C@@H](c2cc(OCCOCCOCCOc3ccc(CN4C(=O)/C(=C\C=C\c5ccc([N+](=O)[O-])cc5)c5ccccc54)cc3)no2)C(C)C)cc1. The summed E-state index contributed by atoms with van der Waals surface area (Å²) >= 11 is 1.58. The third kappa shape index (κ3) is 12.9. The molecule has 0 unspecified atom stereocenters. The molecule has 18 heteroatoms. The molecule has 1 fully saturated rings. The second-order valence-electron chi connectivity index (χ2n) is 18.1. The van der Waals surface area contributed by atoms with Gasteiger partial charge in [-0.2, -0.15) is 0 Å². The summed E-state index contributed by atoms with van der Waals surface area (Å²) in [5.74, 6) is -0.611. The van der Waals surface area contributed by atoms with E-state index in [0.717, 1.165) is 44.1 Å². The zero-order valence-electron chi connectivity index (χ0n) is 41.0. The third-order valence-electron chi connectivity index (χ3n) is 12.6. The lowest BCUT2D eigenvalue weighted by atomic mass is 9.91. The number of allylic oxidation sites excluding steroid dienone is 2. The number of benzene rings is 4. The van der Waals surface area contributed by atoms with E-state index in [-0.39, 0.29) is 67.4 Å². The number of aliphatic hydroxyl groups excluding tert-OH is 1. The number of nitro groups is 1. The number of carbonyl (C=O) groups is 3. The molecule has 4 aromatic carbocycles. The van der Waals surface area contributed by atoms with E-state index in [4.69, 9.17) is 23.5 Å². The van der Waals surface area contributed by atoms with Crippen LogP contribution in [0.5, 0.6) is 11.6 Å². The van der Waals surface area contributed by atoms with Gasteiger partial charge in [-0.05, 0) is 83.6 Å². The molecule has 2 aliphatic heterocycles. The minimum Gasteiger partial charge on any atom is -0.491 e. The van der Waals surface area contributed by atoms with Gasteiger partial charge in [0.25, 0.3) is 17.5 Å². The highest BCUT2D eigenvalue weighted by atomic mass is 32.1. The van der Waals surface area contributed by atoms with Gasteiger partial charge in [-0.15, -0.1) is 11.3 Å². The summed E-state index contributed by atoms with van der Waals surface area (Å²) in [6.07, 6.45) is 4.62. The Bertz CT molecular complexity index is 2920. The summed E-state index contributed by atoms with van der Waals surface area (Å²) in [5, 5.41) is 28.7. The molecular formula is C55H58N6O11S. The Labute approximate surface area is 427 Å². The number of nitrogens with one attached hydrogen (secondary N) is 1. The number of non-ortho nitro benzene ring substituents is 1. The average molecular weight is 1010 g/mol. The Balaban J connectivity index is 0.721. The number of fused-ring (bicyclic) bond motifs is 1. The topological polar surface area (TPSA) is 209 Å². The number of β-amino-alcohol motifs (C(OH)–C–C–N with tert-alkyl or cyclic N) is 1. The third-order valence-corrected chi connectivity index (χ3v) is 13.6. The summed E-state index contributed by atoms with van der Waals surface area (Å²) in [5.41, 5.74) is 8.69. The molecule has 3 amide bonds. The fourth-order valence-corrected chi connectivity index (χ4v) is 9.62. The van der Waals surface area contributed by atoms with Gasteiger partial charge in [0.15, 0.2) is 5.76 Å². The van der Waals surface area contributed by atoms with Crippen LogP contribution in [0.2, 0.25) is 0 Å². The summed E-state index contributed by atoms with van der Waals surface area (Å²) in [7, 11) is 0. The summed E-state index contributed by atoms with van der Waals surface area (Å²) in [4.78, 5) is 60.5. The molecule has 0 saturated carbocycles. The number of carbonyl (C=O) groups excluding carboxylic acids is 3. The maximum absolute atomic E-state index is 14.1. The highest BCUT2D eigenvalue weighted by Crippen LogP contribution is 2.38. The van der Waals surface area contributed by atoms with Crippen molar-refractivity contribution in [2.75, 3.05) is 51.1 Å². The van der Waals surface area contributed by atoms with Crippen molar-refractivity contribution < 1.29 is 47.9 Å². The highest BCUT2D eigenvalue weighted by molar-refractivity contribution is 7.13. The minimum absolute atomic E-state index is 0.0170. The van der Waals surface area contributed by atoms with Crippen molar-refractivity contribution >= 4 is 52.1 Å². The summed E-state index contributed by atoms with van der Waals surface area (Å²) < 4.78 is 28.6. The van der Waals surface area contributed by atoms with Gasteiger partial charge in [-0.3, -0.25) is 24.5 Å². The van der Waals surface area contributed by atoms with E-state index in [0.29, 0.717) is 50.1 Å². The van der Waals surface area contributed by atoms with E-state index in [1.165, 1.54) is 17.0 Å². The van der Waals surface area contributed by atoms with Crippen molar-refractivity contribution in [3.8, 4) is 22.1 Å². The first kappa shape index (κ1) is 51.8. The number of ether oxygens (including phenoxy) is 4. The molecule has 0 bridgehead atoms. The maximum atomic E-state index is 14.1. The summed E-state index contributed by atoms with van der Waals surface area (Å²) in [6, 6.07) is 29.8. The zero-order chi connectivity index (χ0) is 51.4. The number of hydrogen-bond donors (Lipinski definition) is 2. The Morgan fingerprint density at radius 3 is 2.32 bits per heavy atom. The smallest absolute Gasteiger partial charge is 0.269 e. The van der Waals surface area contributed by atoms with E-state index in [9.17, 15) is 29.6 Å². The molecule has 0 radical (unpaired) electrons. The monoisotopic (exact) mass is 1010 g/mol. The minimum atomic E-state index is -0.856. The van der Waals surface area contributed by atoms with Crippen molar-refractivity contribution in [3.05, 3.63) is 165 Å². The van der Waals surface area contributed by atoms with Crippen molar-refractivity contribution in [2.45, 2.75) is 64.8 Å². The standard InChI is InChI=1S/C55H58N6O11S/c1-35(2)51(55(65)60-33-43(62)30-48(60)53(63)57-36(3)40-16-18-41(19-17-40)52-37(4)56-34-73-52)49-31-50(58-72-49)71-29-27-69-25-24-68-26-28-70-44-22-14-39(15-23-44)32-59-47-11-6-5-9-45(47)46(54(59)64)10-7-8-38-12-20-42(21-13-38)61(66)67/h5-23,31,34-36,43,48,51,62H,24-30,32-33H2,1-4H3,(H,57,63)/b8-7+,46-10-/t36-,43+,48-,51+/m0/s1. The number of rotatable bonds is 23. The normalized spacial score (nSPS) is 16.8. The van der Waals surface area contributed by atoms with Crippen LogP contribution in [0.25, 0.3) is 22.1 Å². The van der Waals surface area contributed by atoms with Crippen LogP contribution in [-0.4, -0.2) is 101 Å². The molecule has 17 nitrogen and oxygen atoms in total. The number of nitro benzene ring substituents is 1. The first-order valence-electron chi connectivity index (χ1n) is 24.1. The number of amides is 3. The van der Waals surface area contributed by atoms with Gasteiger partial charge < -0.3 is 43.7 Å². The lowest BCUT2D eigenvalue weighted by Crippen LogP contribution is -2.48. The first-order chi connectivity index (χ1) is 35.3. The first-order valence-corrected chi connectivity index (χ1v) is 25.0. The fourth-order valence-electron chi connectivity index (χ4n) is 8.81. The maximum Gasteiger partial charge on any atom is 0.269 e. The molecule has 0 aliphatic carbocycles. The average Bonchev–Trinajstić information content (AvgIpc) is 4.19. The molecule has 6 aromatic rings. The predicted octanol–water partition coefficient (Wildman–Crippen LogP) is 8.73. The second kappa shape index (κ2) is 24.3. The number of para-hydroxylation sites is 1. The zero-order valence-corrected chi connectivity index (χ0v) is 41.9. The van der Waals surface area contributed by atoms with E-state index in [2.05, 4.69) is 15.5 Å². The van der Waals surface area contributed by atoms with Crippen LogP contribution in [0.15, 0.2) is 125 Å². The van der Waals surface area contributed by atoms with Gasteiger partial charge in [0.1, 0.15) is 30.9 Å². The second-order valence-corrected chi connectivity index (χ2v) is 18.9. The van der Waals surface area contributed by atoms with Gasteiger partial charge >= 0.3 is 0 Å². The Hall–Kier alpha value is -7.51. The lowest BCUT2D eigenvalue weighted by Gasteiger charge is -2.29. The molecule has 73 heavy (non-hydrogen) atoms. The van der Waals surface area contributed by atoms with Crippen LogP contribution in [0.1, 0.15) is 72.9 Å². The van der Waals surface area contributed by atoms with Crippen LogP contribution < -0.4 is 19.7 Å². The van der Waals surface area contributed by atoms with Crippen molar-refractivity contribution in [2.24, 2.45) is 5.92 Å². The Morgan fingerprint density at radius 1 is 0.932 bits per heavy atom. The van der Waals surface area contributed by atoms with Crippen LogP contribution in [0.3, 0.4) is 0 Å². The molecule has 2 N–H and O–H groups in total. The molecule has 2 aliphatic rings. The molecule has 4 atom stereocenters. The lowest BCUT2D eigenvalue weighted by molar-refractivity contribution is -0.384. The van der Waals surface area contributed by atoms with E-state index in [1.807, 2.05) is 106 Å². The van der Waals surface area contributed by atoms with E-state index in [1.54, 1.807) is 52.7 Å². The number of aliphatic hydroxyl groups is 1. The number of thiazole rings is 1. The van der Waals surface area contributed by atoms with E-state index >= 15 is 0 Å². The van der Waals surface area contributed by atoms with Gasteiger partial charge in [-0.1, -0.05) is 80.6 Å². The molecule has 1 saturated heterocycles. The van der Waals surface area contributed by atoms with Crippen molar-refractivity contribution in [3.63, 3.8) is 0 Å². The molecule has 4 heterocycles. The number of hydrogen-bond acceptors (Lipinski definition) is 14. The Kier molecular flexibility index (Phi) is 17.2. The number of aromatic nitrogens is 2. The largest absolute Gasteiger partial charge is 0.491 e. The van der Waals surface area contributed by atoms with Gasteiger partial charge in [0.2, 0.25) is 11.8 Å². The Morgan fingerprint density at radius 2 is 1.63 bits per heavy atom. The van der Waals surface area contributed by atoms with Crippen LogP contribution in [0.4, 0.5) is 11.4 Å². The van der Waals surface area contributed by atoms with Gasteiger partial charge in [0, 0.05) is 42.3 Å². The van der Waals surface area contributed by atoms with Crippen LogP contribution in [0, 0.1) is 23.0 Å². The van der Waals surface area contributed by atoms with Gasteiger partial charge in [-0.25, -0.2) is 4.98 Å². The number of nitrogens with zero attached hydrogens (tertiary/aromatic N) is 5. The van der Waals surface area contributed by atoms with Crippen molar-refractivity contribution in [1.82, 2.24) is 20.4 Å². The molecule has 8 rings (SSSR count). The summed E-state index contributed by atoms with van der Waals surface area (Å²) in [6.45, 7) is 9.80. The molecule has 0 spiro atoms. The van der Waals surface area contributed by atoms with E-state index < -0.39 is 23.0 Å². The molecule has 2 aromatic heterocycles. The number of likely N-dealkylation sites (tertiary alicyclic amines) is 1. The highest BCUT2D eigenvalue weighted by Gasteiger charge is 2.43. The number of anilines is 1. The van der Waals surface area contributed by atoms with Gasteiger partial charge in [0.05, 0.1) is 71.8 Å².